The van der Waals surface area contributed by atoms with Crippen molar-refractivity contribution in [3.63, 3.8) is 0 Å². The molecule has 1 atom stereocenters. The lowest BCUT2D eigenvalue weighted by Crippen LogP contribution is -2.40. The van der Waals surface area contributed by atoms with Crippen LogP contribution < -0.4 is 10.9 Å². The molecule has 0 radical (unpaired) electrons. The molecule has 31 heavy (non-hydrogen) atoms. The van der Waals surface area contributed by atoms with Crippen LogP contribution in [0.3, 0.4) is 0 Å². The maximum Gasteiger partial charge on any atom is 0.490 e. The molecule has 0 saturated heterocycles. The Morgan fingerprint density at radius 1 is 1.35 bits per heavy atom. The van der Waals surface area contributed by atoms with Crippen LogP contribution in [-0.4, -0.2) is 38.8 Å². The Morgan fingerprint density at radius 3 is 2.58 bits per heavy atom. The highest BCUT2D eigenvalue weighted by Gasteiger charge is 2.38. The topological polar surface area (TPSA) is 101 Å². The summed E-state index contributed by atoms with van der Waals surface area (Å²) in [5.74, 6) is -2.63. The number of aryl methyl sites for hydroxylation is 1. The second kappa shape index (κ2) is 10.6. The van der Waals surface area contributed by atoms with E-state index < -0.39 is 12.1 Å². The van der Waals surface area contributed by atoms with E-state index in [0.717, 1.165) is 47.6 Å². The summed E-state index contributed by atoms with van der Waals surface area (Å²) in [6, 6.07) is 3.72. The van der Waals surface area contributed by atoms with Crippen LogP contribution in [0, 0.1) is 6.92 Å². The van der Waals surface area contributed by atoms with Crippen LogP contribution in [0.2, 0.25) is 0 Å². The van der Waals surface area contributed by atoms with Crippen molar-refractivity contribution in [3.05, 3.63) is 49.8 Å². The Morgan fingerprint density at radius 2 is 2.03 bits per heavy atom. The molecule has 2 heterocycles. The number of amides is 1. The summed E-state index contributed by atoms with van der Waals surface area (Å²) in [4.78, 5) is 37.5. The third-order valence-corrected chi connectivity index (χ3v) is 5.48. The van der Waals surface area contributed by atoms with Gasteiger partial charge in [-0.2, -0.15) is 13.2 Å². The summed E-state index contributed by atoms with van der Waals surface area (Å²) in [5, 5.41) is 13.3. The Bertz CT molecular complexity index is 985. The molecule has 1 aliphatic carbocycles. The molecular formula is C20H24F3N3O4S. The molecule has 7 nitrogen and oxygen atoms in total. The van der Waals surface area contributed by atoms with Crippen molar-refractivity contribution in [1.82, 2.24) is 14.9 Å². The molecule has 1 amide bonds. The number of pyridine rings is 1. The fourth-order valence-electron chi connectivity index (χ4n) is 3.29. The van der Waals surface area contributed by atoms with Crippen molar-refractivity contribution in [1.29, 1.82) is 0 Å². The second-order valence-electron chi connectivity index (χ2n) is 7.15. The van der Waals surface area contributed by atoms with Gasteiger partial charge in [-0.25, -0.2) is 9.78 Å². The van der Waals surface area contributed by atoms with Gasteiger partial charge in [0.2, 0.25) is 5.91 Å². The Hall–Kier alpha value is -2.69. The largest absolute Gasteiger partial charge is 0.490 e. The van der Waals surface area contributed by atoms with Gasteiger partial charge in [-0.3, -0.25) is 9.59 Å². The van der Waals surface area contributed by atoms with Crippen molar-refractivity contribution in [3.8, 4) is 0 Å². The highest BCUT2D eigenvalue weighted by atomic mass is 32.1. The molecule has 2 aromatic rings. The highest BCUT2D eigenvalue weighted by Crippen LogP contribution is 2.21. The number of carbonyl (C=O) groups excluding carboxylic acids is 1. The van der Waals surface area contributed by atoms with E-state index in [1.807, 2.05) is 29.9 Å². The number of aromatic nitrogens is 2. The summed E-state index contributed by atoms with van der Waals surface area (Å²) in [7, 11) is 0. The number of fused-ring (bicyclic) bond motifs is 1. The predicted octanol–water partition coefficient (Wildman–Crippen LogP) is 3.07. The first kappa shape index (κ1) is 24.6. The van der Waals surface area contributed by atoms with Crippen LogP contribution in [0.5, 0.6) is 0 Å². The van der Waals surface area contributed by atoms with Gasteiger partial charge in [0.15, 0.2) is 0 Å². The zero-order chi connectivity index (χ0) is 23.2. The first-order chi connectivity index (χ1) is 14.5. The van der Waals surface area contributed by atoms with Crippen LogP contribution in [0.4, 0.5) is 13.2 Å². The molecule has 11 heteroatoms. The number of nitrogens with one attached hydrogen (secondary N) is 1. The van der Waals surface area contributed by atoms with Crippen LogP contribution in [0.15, 0.2) is 22.3 Å². The van der Waals surface area contributed by atoms with Crippen molar-refractivity contribution in [2.45, 2.75) is 64.7 Å². The number of carbonyl (C=O) groups is 2. The minimum atomic E-state index is -5.08. The van der Waals surface area contributed by atoms with Crippen molar-refractivity contribution >= 4 is 23.2 Å². The van der Waals surface area contributed by atoms with Crippen LogP contribution in [0.25, 0.3) is 0 Å². The van der Waals surface area contributed by atoms with Gasteiger partial charge in [-0.05, 0) is 38.2 Å². The third kappa shape index (κ3) is 7.20. The zero-order valence-electron chi connectivity index (χ0n) is 17.2. The fraction of sp³-hybridized carbons (Fsp3) is 0.500. The van der Waals surface area contributed by atoms with Gasteiger partial charge >= 0.3 is 12.1 Å². The first-order valence-corrected chi connectivity index (χ1v) is 10.6. The summed E-state index contributed by atoms with van der Waals surface area (Å²) in [6.07, 6.45) is -1.16. The molecule has 0 aliphatic heterocycles. The average Bonchev–Trinajstić information content (AvgIpc) is 3.09. The maximum atomic E-state index is 12.3. The Balaban J connectivity index is 0.000000423. The lowest BCUT2D eigenvalue weighted by Gasteiger charge is -2.27. The molecule has 170 valence electrons. The predicted molar refractivity (Wildman–Crippen MR) is 109 cm³/mol. The number of nitrogens with zero attached hydrogens (tertiary/aromatic N) is 2. The van der Waals surface area contributed by atoms with Gasteiger partial charge < -0.3 is 15.0 Å². The van der Waals surface area contributed by atoms with E-state index in [4.69, 9.17) is 9.90 Å². The lowest BCUT2D eigenvalue weighted by molar-refractivity contribution is -0.192. The van der Waals surface area contributed by atoms with Crippen molar-refractivity contribution in [2.24, 2.45) is 0 Å². The lowest BCUT2D eigenvalue weighted by atomic mass is 9.91. The van der Waals surface area contributed by atoms with E-state index in [9.17, 15) is 22.8 Å². The third-order valence-electron chi connectivity index (χ3n) is 4.66. The van der Waals surface area contributed by atoms with Crippen molar-refractivity contribution < 1.29 is 27.9 Å². The number of halogens is 3. The molecule has 2 N–H and O–H groups in total. The second-order valence-corrected chi connectivity index (χ2v) is 8.21. The smallest absolute Gasteiger partial charge is 0.475 e. The summed E-state index contributed by atoms with van der Waals surface area (Å²) in [6.45, 7) is 4.51. The van der Waals surface area contributed by atoms with Gasteiger partial charge in [-0.1, -0.05) is 13.0 Å². The van der Waals surface area contributed by atoms with Crippen LogP contribution in [-0.2, 0) is 29.0 Å². The SMILES string of the molecule is CCCC(=O)NC1CCc2c(ccc(=O)n2Cc2csc(C)n2)C1.O=C(O)C(F)(F)F. The number of alkyl halides is 3. The highest BCUT2D eigenvalue weighted by molar-refractivity contribution is 7.09. The molecule has 3 rings (SSSR count). The zero-order valence-corrected chi connectivity index (χ0v) is 18.0. The number of carboxylic acids is 1. The number of hydrogen-bond donors (Lipinski definition) is 2. The molecule has 1 unspecified atom stereocenters. The Labute approximate surface area is 180 Å². The Kier molecular flexibility index (Phi) is 8.37. The quantitative estimate of drug-likeness (QED) is 0.716. The first-order valence-electron chi connectivity index (χ1n) is 9.73. The number of carboxylic acid groups (broad SMARTS) is 1. The fourth-order valence-corrected chi connectivity index (χ4v) is 3.89. The molecule has 0 spiro atoms. The molecule has 0 saturated carbocycles. The molecule has 0 fully saturated rings. The van der Waals surface area contributed by atoms with E-state index in [2.05, 4.69) is 10.3 Å². The van der Waals surface area contributed by atoms with E-state index in [1.165, 1.54) is 0 Å². The van der Waals surface area contributed by atoms with Gasteiger partial charge in [-0.15, -0.1) is 11.3 Å². The minimum absolute atomic E-state index is 0.0212. The minimum Gasteiger partial charge on any atom is -0.475 e. The van der Waals surface area contributed by atoms with E-state index in [-0.39, 0.29) is 17.5 Å². The van der Waals surface area contributed by atoms with E-state index >= 15 is 0 Å². The van der Waals surface area contributed by atoms with Gasteiger partial charge in [0.25, 0.3) is 5.56 Å². The van der Waals surface area contributed by atoms with Crippen molar-refractivity contribution in [2.75, 3.05) is 0 Å². The molecule has 0 bridgehead atoms. The number of aliphatic carboxylic acids is 1. The summed E-state index contributed by atoms with van der Waals surface area (Å²) >= 11 is 1.60. The standard InChI is InChI=1S/C18H23N3O2S.C2HF3O2/c1-3-4-17(22)20-14-6-7-16-13(9-14)5-8-18(23)21(16)10-15-11-24-12(2)19-15;3-2(4,5)1(6)7/h5,8,11,14H,3-4,6-7,9-10H2,1-2H3,(H,20,22);(H,6,7). The van der Waals surface area contributed by atoms with Crippen LogP contribution in [0.1, 0.15) is 48.1 Å². The molecular weight excluding hydrogens is 435 g/mol. The van der Waals surface area contributed by atoms with Gasteiger partial charge in [0.05, 0.1) is 17.2 Å². The summed E-state index contributed by atoms with van der Waals surface area (Å²) in [5.41, 5.74) is 3.21. The van der Waals surface area contributed by atoms with E-state index in [0.29, 0.717) is 13.0 Å². The van der Waals surface area contributed by atoms with Crippen LogP contribution >= 0.6 is 11.3 Å². The maximum absolute atomic E-state index is 12.3. The molecule has 2 aromatic heterocycles. The van der Waals surface area contributed by atoms with E-state index in [1.54, 1.807) is 17.4 Å². The van der Waals surface area contributed by atoms with Gasteiger partial charge in [0.1, 0.15) is 0 Å². The summed E-state index contributed by atoms with van der Waals surface area (Å²) < 4.78 is 33.6. The number of hydrogen-bond acceptors (Lipinski definition) is 5. The normalized spacial score (nSPS) is 15.5. The molecule has 1 aliphatic rings. The van der Waals surface area contributed by atoms with Gasteiger partial charge in [0, 0.05) is 29.6 Å². The number of thiazole rings is 1. The number of rotatable bonds is 5. The monoisotopic (exact) mass is 459 g/mol. The molecule has 0 aromatic carbocycles. The average molecular weight is 459 g/mol.